The van der Waals surface area contributed by atoms with Gasteiger partial charge < -0.3 is 15.3 Å². The summed E-state index contributed by atoms with van der Waals surface area (Å²) in [6.45, 7) is 4.74. The van der Waals surface area contributed by atoms with Crippen LogP contribution in [0.2, 0.25) is 0 Å². The second-order valence-electron chi connectivity index (χ2n) is 11.5. The van der Waals surface area contributed by atoms with E-state index in [4.69, 9.17) is 5.11 Å². The molecule has 4 aliphatic rings. The molecule has 0 unspecified atom stereocenters. The van der Waals surface area contributed by atoms with Crippen molar-refractivity contribution in [1.82, 2.24) is 10.2 Å². The van der Waals surface area contributed by atoms with E-state index in [0.29, 0.717) is 28.9 Å². The monoisotopic (exact) mass is 464 g/mol. The molecule has 3 aliphatic carbocycles. The van der Waals surface area contributed by atoms with Crippen molar-refractivity contribution in [3.8, 4) is 0 Å². The molecule has 5 rings (SSSR count). The minimum atomic E-state index is -0.873. The number of carbonyl (C=O) groups excluding carboxylic acids is 2. The van der Waals surface area contributed by atoms with Crippen LogP contribution in [0.1, 0.15) is 68.3 Å². The van der Waals surface area contributed by atoms with Crippen LogP contribution < -0.4 is 5.32 Å². The van der Waals surface area contributed by atoms with E-state index >= 15 is 0 Å². The largest absolute Gasteiger partial charge is 0.481 e. The van der Waals surface area contributed by atoms with Gasteiger partial charge in [0.25, 0.3) is 5.91 Å². The lowest BCUT2D eigenvalue weighted by atomic mass is 9.48. The molecule has 7 atom stereocenters. The summed E-state index contributed by atoms with van der Waals surface area (Å²) < 4.78 is 0. The van der Waals surface area contributed by atoms with Crippen LogP contribution in [0.4, 0.5) is 0 Å². The van der Waals surface area contributed by atoms with E-state index in [1.807, 2.05) is 11.9 Å². The van der Waals surface area contributed by atoms with Gasteiger partial charge in [-0.3, -0.25) is 14.4 Å². The molecule has 34 heavy (non-hydrogen) atoms. The van der Waals surface area contributed by atoms with Crippen LogP contribution >= 0.6 is 0 Å². The molecule has 0 saturated heterocycles. The fraction of sp³-hybridized carbons (Fsp3) is 0.607. The minimum absolute atomic E-state index is 0.0337. The van der Waals surface area contributed by atoms with E-state index in [0.717, 1.165) is 38.5 Å². The van der Waals surface area contributed by atoms with Gasteiger partial charge in [-0.2, -0.15) is 0 Å². The van der Waals surface area contributed by atoms with E-state index in [2.05, 4.69) is 25.2 Å². The molecule has 6 nitrogen and oxygen atoms in total. The second-order valence-corrected chi connectivity index (χ2v) is 11.5. The number of carbonyl (C=O) groups is 3. The molecule has 2 N–H and O–H groups in total. The van der Waals surface area contributed by atoms with Crippen LogP contribution in [-0.2, 0) is 16.0 Å². The first-order valence-electron chi connectivity index (χ1n) is 12.7. The molecule has 1 aromatic rings. The minimum Gasteiger partial charge on any atom is -0.481 e. The Morgan fingerprint density at radius 2 is 1.79 bits per heavy atom. The highest BCUT2D eigenvalue weighted by Crippen LogP contribution is 2.63. The fourth-order valence-corrected chi connectivity index (χ4v) is 8.17. The summed E-state index contributed by atoms with van der Waals surface area (Å²) >= 11 is 0. The number of benzene rings is 1. The zero-order chi connectivity index (χ0) is 24.3. The van der Waals surface area contributed by atoms with Crippen molar-refractivity contribution in [3.63, 3.8) is 0 Å². The zero-order valence-electron chi connectivity index (χ0n) is 20.4. The number of amides is 2. The highest BCUT2D eigenvalue weighted by molar-refractivity contribution is 5.94. The first kappa shape index (κ1) is 23.1. The molecular formula is C28H36N2O4. The lowest BCUT2D eigenvalue weighted by molar-refractivity contribution is -0.138. The van der Waals surface area contributed by atoms with E-state index < -0.39 is 5.97 Å². The standard InChI is InChI=1S/C28H36N2O4/c1-27-14-12-21-19(8-11-23-28(21,2)15-13-24(31)30(23)3)20(27)9-10-22(27)29-26(34)18-6-4-17(5-7-18)16-25(32)33/h4-7,13,15,19-23H,8-12,14,16H2,1-3H3,(H,29,34)(H,32,33)/t19-,20-,21-,22-,23+,27-,28+/m0/s1. The summed E-state index contributed by atoms with van der Waals surface area (Å²) in [6, 6.07) is 7.36. The summed E-state index contributed by atoms with van der Waals surface area (Å²) in [6.07, 6.45) is 10.5. The van der Waals surface area contributed by atoms with Crippen LogP contribution in [0, 0.1) is 28.6 Å². The summed E-state index contributed by atoms with van der Waals surface area (Å²) in [4.78, 5) is 38.2. The quantitative estimate of drug-likeness (QED) is 0.704. The van der Waals surface area contributed by atoms with Crippen LogP contribution in [0.3, 0.4) is 0 Å². The Hall–Kier alpha value is -2.63. The Morgan fingerprint density at radius 1 is 1.06 bits per heavy atom. The number of nitrogens with zero attached hydrogens (tertiary/aromatic N) is 1. The van der Waals surface area contributed by atoms with Crippen molar-refractivity contribution in [2.24, 2.45) is 28.6 Å². The van der Waals surface area contributed by atoms with Gasteiger partial charge in [-0.25, -0.2) is 0 Å². The van der Waals surface area contributed by atoms with Crippen molar-refractivity contribution < 1.29 is 19.5 Å². The number of likely N-dealkylation sites (N-methyl/N-ethyl adjacent to an activating group) is 1. The smallest absolute Gasteiger partial charge is 0.307 e. The highest BCUT2D eigenvalue weighted by Gasteiger charge is 2.60. The predicted octanol–water partition coefficient (Wildman–Crippen LogP) is 4.05. The molecule has 1 aromatic carbocycles. The van der Waals surface area contributed by atoms with Crippen molar-refractivity contribution >= 4 is 17.8 Å². The molecule has 3 fully saturated rings. The van der Waals surface area contributed by atoms with Gasteiger partial charge in [0, 0.05) is 30.1 Å². The number of nitrogens with one attached hydrogen (secondary N) is 1. The maximum Gasteiger partial charge on any atom is 0.307 e. The van der Waals surface area contributed by atoms with Crippen molar-refractivity contribution in [3.05, 3.63) is 47.5 Å². The molecule has 0 aromatic heterocycles. The molecule has 6 heteroatoms. The summed E-state index contributed by atoms with van der Waals surface area (Å²) in [5.74, 6) is 0.977. The molecule has 0 bridgehead atoms. The van der Waals surface area contributed by atoms with Crippen LogP contribution in [0.5, 0.6) is 0 Å². The van der Waals surface area contributed by atoms with Crippen LogP contribution in [-0.4, -0.2) is 46.9 Å². The van der Waals surface area contributed by atoms with Gasteiger partial charge >= 0.3 is 5.97 Å². The number of aliphatic carboxylic acids is 1. The fourth-order valence-electron chi connectivity index (χ4n) is 8.17. The molecular weight excluding hydrogens is 428 g/mol. The van der Waals surface area contributed by atoms with E-state index in [1.54, 1.807) is 30.3 Å². The van der Waals surface area contributed by atoms with Crippen molar-refractivity contribution in [2.45, 2.75) is 70.9 Å². The van der Waals surface area contributed by atoms with Gasteiger partial charge in [0.1, 0.15) is 0 Å². The maximum atomic E-state index is 13.1. The topological polar surface area (TPSA) is 86.7 Å². The number of carboxylic acids is 1. The Morgan fingerprint density at radius 3 is 2.50 bits per heavy atom. The summed E-state index contributed by atoms with van der Waals surface area (Å²) in [7, 11) is 1.96. The average Bonchev–Trinajstić information content (AvgIpc) is 3.13. The van der Waals surface area contributed by atoms with Gasteiger partial charge in [-0.05, 0) is 85.5 Å². The summed E-state index contributed by atoms with van der Waals surface area (Å²) in [5, 5.41) is 12.3. The Bertz CT molecular complexity index is 1030. The Kier molecular flexibility index (Phi) is 5.61. The molecule has 182 valence electrons. The summed E-state index contributed by atoms with van der Waals surface area (Å²) in [5.41, 5.74) is 1.40. The highest BCUT2D eigenvalue weighted by atomic mass is 16.4. The number of hydrogen-bond acceptors (Lipinski definition) is 3. The van der Waals surface area contributed by atoms with Gasteiger partial charge in [-0.1, -0.05) is 32.1 Å². The first-order valence-corrected chi connectivity index (χ1v) is 12.7. The lowest BCUT2D eigenvalue weighted by Crippen LogP contribution is -2.60. The van der Waals surface area contributed by atoms with E-state index in [1.165, 1.54) is 0 Å². The zero-order valence-corrected chi connectivity index (χ0v) is 20.4. The van der Waals surface area contributed by atoms with Crippen molar-refractivity contribution in [2.75, 3.05) is 7.05 Å². The van der Waals surface area contributed by atoms with Gasteiger partial charge in [0.15, 0.2) is 0 Å². The maximum absolute atomic E-state index is 13.1. The third kappa shape index (κ3) is 3.57. The molecule has 2 amide bonds. The number of hydrogen-bond donors (Lipinski definition) is 2. The van der Waals surface area contributed by atoms with Gasteiger partial charge in [-0.15, -0.1) is 0 Å². The third-order valence-electron chi connectivity index (χ3n) is 10.0. The molecule has 3 saturated carbocycles. The van der Waals surface area contributed by atoms with Crippen molar-refractivity contribution in [1.29, 1.82) is 0 Å². The average molecular weight is 465 g/mol. The van der Waals surface area contributed by atoms with E-state index in [9.17, 15) is 14.4 Å². The SMILES string of the molecule is CN1C(=O)C=C[C@]2(C)[C@H]3CC[C@]4(C)[C@@H](NC(=O)c5ccc(CC(=O)O)cc5)CC[C@H]4[C@@H]3CC[C@@H]12. The van der Waals surface area contributed by atoms with Gasteiger partial charge in [0.2, 0.25) is 5.91 Å². The molecule has 0 spiro atoms. The normalized spacial score (nSPS) is 38.6. The lowest BCUT2D eigenvalue weighted by Gasteiger charge is -2.60. The van der Waals surface area contributed by atoms with E-state index in [-0.39, 0.29) is 41.1 Å². The van der Waals surface area contributed by atoms with Crippen LogP contribution in [0.25, 0.3) is 0 Å². The predicted molar refractivity (Wildman–Crippen MR) is 129 cm³/mol. The second kappa shape index (κ2) is 8.24. The molecule has 0 radical (unpaired) electrons. The number of rotatable bonds is 4. The van der Waals surface area contributed by atoms with Gasteiger partial charge in [0.05, 0.1) is 6.42 Å². The third-order valence-corrected chi connectivity index (χ3v) is 10.0. The molecule has 1 heterocycles. The van der Waals surface area contributed by atoms with Crippen LogP contribution in [0.15, 0.2) is 36.4 Å². The first-order chi connectivity index (χ1) is 16.1. The Balaban J connectivity index is 1.31. The Labute approximate surface area is 201 Å². The molecule has 1 aliphatic heterocycles. The number of carboxylic acid groups (broad SMARTS) is 1. The number of fused-ring (bicyclic) bond motifs is 5.